The van der Waals surface area contributed by atoms with E-state index in [1.165, 1.54) is 38.8 Å². The number of pyridine rings is 1. The third-order valence-electron chi connectivity index (χ3n) is 6.12. The summed E-state index contributed by atoms with van der Waals surface area (Å²) in [5.74, 6) is -0.853. The van der Waals surface area contributed by atoms with Gasteiger partial charge in [-0.1, -0.05) is 6.92 Å². The minimum absolute atomic E-state index is 0.566. The number of anilines is 1. The fourth-order valence-electron chi connectivity index (χ4n) is 4.12. The van der Waals surface area contributed by atoms with E-state index in [0.717, 1.165) is 42.4 Å². The number of hydrogen-bond donors (Lipinski definition) is 2. The molecule has 0 unspecified atom stereocenters. The van der Waals surface area contributed by atoms with Gasteiger partial charge in [-0.3, -0.25) is 4.98 Å². The number of nitrogens with one attached hydrogen (secondary N) is 1. The van der Waals surface area contributed by atoms with Gasteiger partial charge < -0.3 is 15.3 Å². The number of carbonyl (C=O) groups is 1. The number of aromatic nitrogens is 3. The van der Waals surface area contributed by atoms with E-state index in [-0.39, 0.29) is 0 Å². The Balaban J connectivity index is 0.000000360. The van der Waals surface area contributed by atoms with Crippen LogP contribution in [0.2, 0.25) is 0 Å². The van der Waals surface area contributed by atoms with Crippen LogP contribution in [0.1, 0.15) is 38.3 Å². The molecule has 2 fully saturated rings. The van der Waals surface area contributed by atoms with Gasteiger partial charge in [0.15, 0.2) is 5.82 Å². The molecule has 4 rings (SSSR count). The molecule has 2 aromatic heterocycles. The van der Waals surface area contributed by atoms with Gasteiger partial charge in [0.05, 0.1) is 0 Å². The van der Waals surface area contributed by atoms with Crippen LogP contribution in [0, 0.1) is 5.41 Å². The highest BCUT2D eigenvalue weighted by Gasteiger charge is 2.38. The number of aryl methyl sites for hydroxylation is 1. The lowest BCUT2D eigenvalue weighted by Gasteiger charge is -2.44. The summed E-state index contributed by atoms with van der Waals surface area (Å²) in [5, 5.41) is 10.6. The number of carboxylic acid groups (broad SMARTS) is 1. The van der Waals surface area contributed by atoms with Crippen LogP contribution in [0.5, 0.6) is 0 Å². The molecule has 0 atom stereocenters. The summed E-state index contributed by atoms with van der Waals surface area (Å²) < 4.78 is 31.7. The Labute approximate surface area is 185 Å². The van der Waals surface area contributed by atoms with Gasteiger partial charge in [-0.25, -0.2) is 14.8 Å². The molecule has 32 heavy (non-hydrogen) atoms. The largest absolute Gasteiger partial charge is 0.490 e. The van der Waals surface area contributed by atoms with Crippen molar-refractivity contribution in [1.29, 1.82) is 0 Å². The predicted molar refractivity (Wildman–Crippen MR) is 114 cm³/mol. The van der Waals surface area contributed by atoms with Gasteiger partial charge in [-0.2, -0.15) is 13.2 Å². The summed E-state index contributed by atoms with van der Waals surface area (Å²) in [6, 6.07) is 6.14. The summed E-state index contributed by atoms with van der Waals surface area (Å²) in [6.45, 7) is 6.73. The SMILES string of the molecule is CCc1cc(N2CCC3(CCNCC3)CC2)nc(-c2ccncc2)n1.O=C(O)C(F)(F)F. The Morgan fingerprint density at radius 2 is 1.72 bits per heavy atom. The van der Waals surface area contributed by atoms with Gasteiger partial charge >= 0.3 is 12.1 Å². The van der Waals surface area contributed by atoms with E-state index in [4.69, 9.17) is 19.9 Å². The number of nitrogens with zero attached hydrogens (tertiary/aromatic N) is 4. The molecule has 2 aliphatic heterocycles. The molecule has 0 aromatic carbocycles. The summed E-state index contributed by atoms with van der Waals surface area (Å²) in [5.41, 5.74) is 2.72. The van der Waals surface area contributed by atoms with Crippen LogP contribution in [-0.4, -0.2) is 58.4 Å². The summed E-state index contributed by atoms with van der Waals surface area (Å²) in [4.78, 5) is 25.1. The van der Waals surface area contributed by atoms with Crippen LogP contribution in [0.3, 0.4) is 0 Å². The second-order valence-corrected chi connectivity index (χ2v) is 8.17. The van der Waals surface area contributed by atoms with E-state index in [2.05, 4.69) is 28.2 Å². The molecule has 0 aliphatic carbocycles. The van der Waals surface area contributed by atoms with Crippen LogP contribution in [-0.2, 0) is 11.2 Å². The molecule has 1 spiro atoms. The second-order valence-electron chi connectivity index (χ2n) is 8.17. The number of carboxylic acids is 1. The highest BCUT2D eigenvalue weighted by molar-refractivity contribution is 5.73. The molecule has 2 aliphatic rings. The minimum atomic E-state index is -5.08. The molecule has 174 valence electrons. The van der Waals surface area contributed by atoms with Crippen molar-refractivity contribution in [1.82, 2.24) is 20.3 Å². The van der Waals surface area contributed by atoms with Crippen LogP contribution >= 0.6 is 0 Å². The number of hydrogen-bond acceptors (Lipinski definition) is 6. The van der Waals surface area contributed by atoms with Crippen molar-refractivity contribution in [3.63, 3.8) is 0 Å². The molecule has 7 nitrogen and oxygen atoms in total. The Kier molecular flexibility index (Phi) is 7.65. The first kappa shape index (κ1) is 23.9. The molecule has 4 heterocycles. The van der Waals surface area contributed by atoms with Crippen LogP contribution < -0.4 is 10.2 Å². The number of halogens is 3. The molecular formula is C22H28F3N5O2. The molecule has 0 bridgehead atoms. The molecule has 0 radical (unpaired) electrons. The lowest BCUT2D eigenvalue weighted by molar-refractivity contribution is -0.192. The topological polar surface area (TPSA) is 91.2 Å². The van der Waals surface area contributed by atoms with Crippen LogP contribution in [0.25, 0.3) is 11.4 Å². The average molecular weight is 451 g/mol. The standard InChI is InChI=1S/C20H27N5.C2HF3O2/c1-2-17-15-18(24-19(23-17)16-3-9-21-10-4-16)25-13-7-20(8-14-25)5-11-22-12-6-20;3-2(4,5)1(6)7/h3-4,9-10,15,22H,2,5-8,11-14H2,1H3;(H,6,7). The van der Waals surface area contributed by atoms with Gasteiger partial charge in [-0.15, -0.1) is 0 Å². The van der Waals surface area contributed by atoms with Crippen LogP contribution in [0.15, 0.2) is 30.6 Å². The minimum Gasteiger partial charge on any atom is -0.475 e. The van der Waals surface area contributed by atoms with E-state index in [0.29, 0.717) is 5.41 Å². The highest BCUT2D eigenvalue weighted by Crippen LogP contribution is 2.40. The maximum atomic E-state index is 10.6. The Morgan fingerprint density at radius 3 is 2.25 bits per heavy atom. The molecule has 2 N–H and O–H groups in total. The summed E-state index contributed by atoms with van der Waals surface area (Å²) >= 11 is 0. The van der Waals surface area contributed by atoms with Crippen molar-refractivity contribution < 1.29 is 23.1 Å². The zero-order valence-electron chi connectivity index (χ0n) is 18.0. The zero-order valence-corrected chi connectivity index (χ0v) is 18.0. The van der Waals surface area contributed by atoms with Gasteiger partial charge in [0.1, 0.15) is 5.82 Å². The maximum absolute atomic E-state index is 10.6. The zero-order chi connectivity index (χ0) is 23.2. The van der Waals surface area contributed by atoms with E-state index in [9.17, 15) is 13.2 Å². The van der Waals surface area contributed by atoms with E-state index in [1.807, 2.05) is 12.1 Å². The van der Waals surface area contributed by atoms with E-state index >= 15 is 0 Å². The van der Waals surface area contributed by atoms with Crippen molar-refractivity contribution in [2.24, 2.45) is 5.41 Å². The lowest BCUT2D eigenvalue weighted by atomic mass is 9.71. The highest BCUT2D eigenvalue weighted by atomic mass is 19.4. The monoisotopic (exact) mass is 451 g/mol. The van der Waals surface area contributed by atoms with Crippen molar-refractivity contribution in [3.8, 4) is 11.4 Å². The van der Waals surface area contributed by atoms with Gasteiger partial charge in [0, 0.05) is 42.8 Å². The van der Waals surface area contributed by atoms with Crippen molar-refractivity contribution in [2.45, 2.75) is 45.2 Å². The normalized spacial score (nSPS) is 18.1. The average Bonchev–Trinajstić information content (AvgIpc) is 2.80. The molecule has 2 aromatic rings. The van der Waals surface area contributed by atoms with E-state index < -0.39 is 12.1 Å². The van der Waals surface area contributed by atoms with E-state index in [1.54, 1.807) is 12.4 Å². The smallest absolute Gasteiger partial charge is 0.475 e. The Bertz CT molecular complexity index is 892. The Morgan fingerprint density at radius 1 is 1.12 bits per heavy atom. The molecule has 0 saturated carbocycles. The molecule has 2 saturated heterocycles. The first-order valence-electron chi connectivity index (χ1n) is 10.8. The summed E-state index contributed by atoms with van der Waals surface area (Å²) in [7, 11) is 0. The number of rotatable bonds is 3. The summed E-state index contributed by atoms with van der Waals surface area (Å²) in [6.07, 6.45) is 4.67. The fourth-order valence-corrected chi connectivity index (χ4v) is 4.12. The predicted octanol–water partition coefficient (Wildman–Crippen LogP) is 3.70. The molecule has 0 amide bonds. The third kappa shape index (κ3) is 6.15. The number of piperidine rings is 2. The number of alkyl halides is 3. The Hall–Kier alpha value is -2.75. The second kappa shape index (κ2) is 10.2. The molecule has 10 heteroatoms. The van der Waals surface area contributed by atoms with Crippen molar-refractivity contribution >= 4 is 11.8 Å². The number of aliphatic carboxylic acids is 1. The maximum Gasteiger partial charge on any atom is 0.490 e. The van der Waals surface area contributed by atoms with Gasteiger partial charge in [0.25, 0.3) is 0 Å². The van der Waals surface area contributed by atoms with Crippen LogP contribution in [0.4, 0.5) is 19.0 Å². The third-order valence-corrected chi connectivity index (χ3v) is 6.12. The van der Waals surface area contributed by atoms with Gasteiger partial charge in [0.2, 0.25) is 0 Å². The fraction of sp³-hybridized carbons (Fsp3) is 0.545. The lowest BCUT2D eigenvalue weighted by Crippen LogP contribution is -2.45. The first-order valence-corrected chi connectivity index (χ1v) is 10.8. The molecular weight excluding hydrogens is 423 g/mol. The van der Waals surface area contributed by atoms with Crippen molar-refractivity contribution in [2.75, 3.05) is 31.1 Å². The van der Waals surface area contributed by atoms with Crippen molar-refractivity contribution in [3.05, 3.63) is 36.3 Å². The van der Waals surface area contributed by atoms with Gasteiger partial charge in [-0.05, 0) is 62.7 Å². The first-order chi connectivity index (χ1) is 15.2. The quantitative estimate of drug-likeness (QED) is 0.735.